The minimum Gasteiger partial charge on any atom is -0.490 e. The Hall–Kier alpha value is -1.71. The molecule has 0 aliphatic heterocycles. The van der Waals surface area contributed by atoms with E-state index in [1.54, 1.807) is 0 Å². The van der Waals surface area contributed by atoms with Crippen molar-refractivity contribution in [2.75, 3.05) is 0 Å². The number of alkyl carbamates (subject to hydrolysis) is 1. The van der Waals surface area contributed by atoms with Crippen LogP contribution in [0.15, 0.2) is 24.3 Å². The van der Waals surface area contributed by atoms with E-state index in [1.165, 1.54) is 0 Å². The van der Waals surface area contributed by atoms with Crippen LogP contribution in [0, 0.1) is 7.11 Å². The van der Waals surface area contributed by atoms with E-state index in [4.69, 9.17) is 9.47 Å². The Morgan fingerprint density at radius 1 is 1.32 bits per heavy atom. The average molecular weight is 264 g/mol. The first-order valence-corrected chi connectivity index (χ1v) is 6.30. The van der Waals surface area contributed by atoms with Crippen LogP contribution >= 0.6 is 0 Å². The first-order chi connectivity index (χ1) is 8.80. The SMILES string of the molecule is [CH2]Oc1ccc(C[C@@H](C)NC(=O)OC(C)(C)C)cc1. The number of carbonyl (C=O) groups excluding carboxylic acids is 1. The largest absolute Gasteiger partial charge is 0.490 e. The Balaban J connectivity index is 2.46. The number of rotatable bonds is 4. The van der Waals surface area contributed by atoms with Crippen LogP contribution in [0.5, 0.6) is 5.75 Å². The highest BCUT2D eigenvalue weighted by atomic mass is 16.6. The van der Waals surface area contributed by atoms with E-state index in [2.05, 4.69) is 12.4 Å². The van der Waals surface area contributed by atoms with Gasteiger partial charge in [0.15, 0.2) is 0 Å². The second kappa shape index (κ2) is 6.45. The number of benzene rings is 1. The molecule has 0 unspecified atom stereocenters. The molecule has 0 bridgehead atoms. The third-order valence-electron chi connectivity index (χ3n) is 2.40. The van der Waals surface area contributed by atoms with E-state index in [9.17, 15) is 4.79 Å². The Bertz CT molecular complexity index is 406. The molecule has 0 heterocycles. The monoisotopic (exact) mass is 264 g/mol. The van der Waals surface area contributed by atoms with Crippen LogP contribution in [0.2, 0.25) is 0 Å². The van der Waals surface area contributed by atoms with Gasteiger partial charge >= 0.3 is 6.09 Å². The fourth-order valence-corrected chi connectivity index (χ4v) is 1.64. The van der Waals surface area contributed by atoms with Crippen molar-refractivity contribution in [3.63, 3.8) is 0 Å². The van der Waals surface area contributed by atoms with E-state index in [0.29, 0.717) is 0 Å². The van der Waals surface area contributed by atoms with Gasteiger partial charge < -0.3 is 14.8 Å². The summed E-state index contributed by atoms with van der Waals surface area (Å²) in [5.41, 5.74) is 0.640. The van der Waals surface area contributed by atoms with Gasteiger partial charge in [0.05, 0.1) is 0 Å². The van der Waals surface area contributed by atoms with Gasteiger partial charge in [-0.2, -0.15) is 0 Å². The van der Waals surface area contributed by atoms with Crippen molar-refractivity contribution in [1.29, 1.82) is 0 Å². The molecule has 1 atom stereocenters. The van der Waals surface area contributed by atoms with Gasteiger partial charge in [-0.15, -0.1) is 0 Å². The zero-order valence-electron chi connectivity index (χ0n) is 12.0. The standard InChI is InChI=1S/C15H22NO3/c1-11(16-14(17)19-15(2,3)4)10-12-6-8-13(18-5)9-7-12/h6-9,11H,5,10H2,1-4H3,(H,16,17)/t11-/m1/s1. The molecule has 0 aliphatic carbocycles. The molecule has 0 fully saturated rings. The van der Waals surface area contributed by atoms with Crippen molar-refractivity contribution in [2.45, 2.75) is 45.8 Å². The van der Waals surface area contributed by atoms with Crippen LogP contribution in [0.1, 0.15) is 33.3 Å². The molecule has 1 rings (SSSR count). The van der Waals surface area contributed by atoms with Gasteiger partial charge in [-0.05, 0) is 51.8 Å². The lowest BCUT2D eigenvalue weighted by Gasteiger charge is -2.22. The van der Waals surface area contributed by atoms with E-state index >= 15 is 0 Å². The highest BCUT2D eigenvalue weighted by Gasteiger charge is 2.17. The lowest BCUT2D eigenvalue weighted by molar-refractivity contribution is 0.0508. The molecule has 1 N–H and O–H groups in total. The first-order valence-electron chi connectivity index (χ1n) is 6.30. The lowest BCUT2D eigenvalue weighted by Crippen LogP contribution is -2.38. The maximum Gasteiger partial charge on any atom is 0.407 e. The molecular formula is C15H22NO3. The molecular weight excluding hydrogens is 242 g/mol. The highest BCUT2D eigenvalue weighted by molar-refractivity contribution is 5.68. The summed E-state index contributed by atoms with van der Waals surface area (Å²) in [6.07, 6.45) is 0.342. The zero-order valence-corrected chi connectivity index (χ0v) is 12.0. The fraction of sp³-hybridized carbons (Fsp3) is 0.467. The number of amides is 1. The summed E-state index contributed by atoms with van der Waals surface area (Å²) in [5.74, 6) is 0.719. The summed E-state index contributed by atoms with van der Waals surface area (Å²) in [6, 6.07) is 7.61. The van der Waals surface area contributed by atoms with E-state index in [-0.39, 0.29) is 6.04 Å². The summed E-state index contributed by atoms with van der Waals surface area (Å²) < 4.78 is 10.1. The fourth-order valence-electron chi connectivity index (χ4n) is 1.64. The smallest absolute Gasteiger partial charge is 0.407 e. The quantitative estimate of drug-likeness (QED) is 0.907. The highest BCUT2D eigenvalue weighted by Crippen LogP contribution is 2.13. The third kappa shape index (κ3) is 6.13. The number of hydrogen-bond acceptors (Lipinski definition) is 3. The molecule has 4 nitrogen and oxygen atoms in total. The molecule has 1 radical (unpaired) electrons. The Morgan fingerprint density at radius 3 is 2.37 bits per heavy atom. The normalized spacial score (nSPS) is 12.7. The molecule has 19 heavy (non-hydrogen) atoms. The summed E-state index contributed by atoms with van der Waals surface area (Å²) in [6.45, 7) is 7.47. The Labute approximate surface area is 115 Å². The maximum absolute atomic E-state index is 11.6. The summed E-state index contributed by atoms with van der Waals surface area (Å²) in [4.78, 5) is 11.6. The Morgan fingerprint density at radius 2 is 1.89 bits per heavy atom. The zero-order chi connectivity index (χ0) is 14.5. The van der Waals surface area contributed by atoms with Crippen LogP contribution in [-0.2, 0) is 11.2 Å². The first kappa shape index (κ1) is 15.3. The summed E-state index contributed by atoms with van der Waals surface area (Å²) >= 11 is 0. The van der Waals surface area contributed by atoms with Crippen molar-refractivity contribution < 1.29 is 14.3 Å². The minimum atomic E-state index is -0.475. The third-order valence-corrected chi connectivity index (χ3v) is 2.40. The molecule has 0 saturated heterocycles. The van der Waals surface area contributed by atoms with Gasteiger partial charge in [-0.25, -0.2) is 4.79 Å². The molecule has 4 heteroatoms. The van der Waals surface area contributed by atoms with Crippen LogP contribution < -0.4 is 10.1 Å². The predicted octanol–water partition coefficient (Wildman–Crippen LogP) is 3.31. The second-order valence-electron chi connectivity index (χ2n) is 5.54. The lowest BCUT2D eigenvalue weighted by atomic mass is 10.1. The number of ether oxygens (including phenoxy) is 2. The number of nitrogens with one attached hydrogen (secondary N) is 1. The molecule has 0 saturated carbocycles. The van der Waals surface area contributed by atoms with E-state index in [0.717, 1.165) is 17.7 Å². The van der Waals surface area contributed by atoms with Gasteiger partial charge in [0.25, 0.3) is 0 Å². The van der Waals surface area contributed by atoms with Gasteiger partial charge in [-0.3, -0.25) is 0 Å². The molecule has 105 valence electrons. The molecule has 1 amide bonds. The van der Waals surface area contributed by atoms with Crippen molar-refractivity contribution in [3.05, 3.63) is 36.9 Å². The molecule has 0 aliphatic rings. The van der Waals surface area contributed by atoms with Crippen molar-refractivity contribution >= 4 is 6.09 Å². The summed E-state index contributed by atoms with van der Waals surface area (Å²) in [7, 11) is 3.35. The second-order valence-corrected chi connectivity index (χ2v) is 5.54. The molecule has 0 spiro atoms. The minimum absolute atomic E-state index is 0.00127. The van der Waals surface area contributed by atoms with Gasteiger partial charge in [0.2, 0.25) is 0 Å². The van der Waals surface area contributed by atoms with Crippen molar-refractivity contribution in [3.8, 4) is 5.75 Å². The van der Waals surface area contributed by atoms with Crippen LogP contribution in [0.3, 0.4) is 0 Å². The van der Waals surface area contributed by atoms with Crippen molar-refractivity contribution in [1.82, 2.24) is 5.32 Å². The number of hydrogen-bond donors (Lipinski definition) is 1. The number of carbonyl (C=O) groups is 1. The van der Waals surface area contributed by atoms with Crippen LogP contribution in [-0.4, -0.2) is 17.7 Å². The molecule has 1 aromatic carbocycles. The van der Waals surface area contributed by atoms with E-state index < -0.39 is 11.7 Å². The van der Waals surface area contributed by atoms with Crippen molar-refractivity contribution in [2.24, 2.45) is 0 Å². The predicted molar refractivity (Wildman–Crippen MR) is 75.0 cm³/mol. The topological polar surface area (TPSA) is 47.6 Å². The van der Waals surface area contributed by atoms with Gasteiger partial charge in [-0.1, -0.05) is 12.1 Å². The average Bonchev–Trinajstić information content (AvgIpc) is 2.27. The van der Waals surface area contributed by atoms with Gasteiger partial charge in [0, 0.05) is 6.04 Å². The summed E-state index contributed by atoms with van der Waals surface area (Å²) in [5, 5.41) is 2.81. The molecule has 0 aromatic heterocycles. The molecule has 1 aromatic rings. The van der Waals surface area contributed by atoms with Crippen LogP contribution in [0.25, 0.3) is 0 Å². The maximum atomic E-state index is 11.6. The van der Waals surface area contributed by atoms with Gasteiger partial charge in [0.1, 0.15) is 18.5 Å². The van der Waals surface area contributed by atoms with Crippen LogP contribution in [0.4, 0.5) is 4.79 Å². The Kier molecular flexibility index (Phi) is 5.21. The van der Waals surface area contributed by atoms with E-state index in [1.807, 2.05) is 52.0 Å².